The van der Waals surface area contributed by atoms with E-state index in [0.29, 0.717) is 5.41 Å². The Morgan fingerprint density at radius 3 is 2.75 bits per heavy atom. The summed E-state index contributed by atoms with van der Waals surface area (Å²) < 4.78 is 0. The molecule has 2 rings (SSSR count). The topological polar surface area (TPSA) is 26.0 Å². The molecule has 1 nitrogen and oxygen atoms in total. The van der Waals surface area contributed by atoms with E-state index in [2.05, 4.69) is 17.5 Å². The SMILES string of the molecule is NCCC1(c2cccs2)CCC1. The van der Waals surface area contributed by atoms with Gasteiger partial charge in [-0.2, -0.15) is 0 Å². The van der Waals surface area contributed by atoms with Gasteiger partial charge in [0.25, 0.3) is 0 Å². The highest BCUT2D eigenvalue weighted by molar-refractivity contribution is 7.10. The lowest BCUT2D eigenvalue weighted by atomic mass is 9.66. The Hall–Kier alpha value is -0.340. The van der Waals surface area contributed by atoms with E-state index in [1.165, 1.54) is 25.7 Å². The van der Waals surface area contributed by atoms with Crippen LogP contribution in [0.5, 0.6) is 0 Å². The normalized spacial score (nSPS) is 20.4. The van der Waals surface area contributed by atoms with Crippen LogP contribution in [0.2, 0.25) is 0 Å². The second-order valence-corrected chi connectivity index (χ2v) is 4.60. The van der Waals surface area contributed by atoms with Crippen molar-refractivity contribution in [1.82, 2.24) is 0 Å². The Balaban J connectivity index is 2.17. The molecular weight excluding hydrogens is 166 g/mol. The summed E-state index contributed by atoms with van der Waals surface area (Å²) in [5, 5.41) is 2.17. The first-order valence-electron chi connectivity index (χ1n) is 4.61. The second kappa shape index (κ2) is 3.19. The minimum absolute atomic E-state index is 0.489. The van der Waals surface area contributed by atoms with E-state index in [1.807, 2.05) is 11.3 Å². The molecule has 1 aliphatic rings. The van der Waals surface area contributed by atoms with Crippen LogP contribution in [0.25, 0.3) is 0 Å². The smallest absolute Gasteiger partial charge is 0.0107 e. The average molecular weight is 181 g/mol. The molecular formula is C10H15NS. The average Bonchev–Trinajstić information content (AvgIpc) is 2.48. The highest BCUT2D eigenvalue weighted by Crippen LogP contribution is 2.47. The van der Waals surface area contributed by atoms with Gasteiger partial charge in [0.1, 0.15) is 0 Å². The largest absolute Gasteiger partial charge is 0.330 e. The summed E-state index contributed by atoms with van der Waals surface area (Å²) in [7, 11) is 0. The summed E-state index contributed by atoms with van der Waals surface area (Å²) in [4.78, 5) is 1.55. The quantitative estimate of drug-likeness (QED) is 0.762. The van der Waals surface area contributed by atoms with Crippen molar-refractivity contribution in [3.8, 4) is 0 Å². The summed E-state index contributed by atoms with van der Waals surface area (Å²) in [5.74, 6) is 0. The molecule has 0 unspecified atom stereocenters. The van der Waals surface area contributed by atoms with Crippen molar-refractivity contribution in [3.05, 3.63) is 22.4 Å². The third-order valence-corrected chi connectivity index (χ3v) is 4.09. The van der Waals surface area contributed by atoms with Gasteiger partial charge in [-0.15, -0.1) is 11.3 Å². The van der Waals surface area contributed by atoms with Gasteiger partial charge in [0.2, 0.25) is 0 Å². The van der Waals surface area contributed by atoms with Gasteiger partial charge in [-0.3, -0.25) is 0 Å². The van der Waals surface area contributed by atoms with Gasteiger partial charge in [0, 0.05) is 10.3 Å². The predicted octanol–water partition coefficient (Wildman–Crippen LogP) is 2.52. The zero-order valence-electron chi connectivity index (χ0n) is 7.25. The van der Waals surface area contributed by atoms with Gasteiger partial charge in [-0.05, 0) is 37.3 Å². The van der Waals surface area contributed by atoms with Crippen molar-refractivity contribution in [2.75, 3.05) is 6.54 Å². The molecule has 0 aromatic carbocycles. The molecule has 1 aromatic rings. The molecule has 1 heterocycles. The van der Waals surface area contributed by atoms with Crippen LogP contribution in [-0.2, 0) is 5.41 Å². The van der Waals surface area contributed by atoms with E-state index in [4.69, 9.17) is 5.73 Å². The summed E-state index contributed by atoms with van der Waals surface area (Å²) in [6, 6.07) is 4.41. The minimum atomic E-state index is 0.489. The third-order valence-electron chi connectivity index (χ3n) is 2.98. The molecule has 1 fully saturated rings. The van der Waals surface area contributed by atoms with Crippen LogP contribution in [0, 0.1) is 0 Å². The van der Waals surface area contributed by atoms with Crippen molar-refractivity contribution in [2.24, 2.45) is 5.73 Å². The molecule has 1 aromatic heterocycles. The minimum Gasteiger partial charge on any atom is -0.330 e. The third kappa shape index (κ3) is 1.19. The van der Waals surface area contributed by atoms with E-state index in [0.717, 1.165) is 6.54 Å². The molecule has 0 atom stereocenters. The maximum atomic E-state index is 5.63. The van der Waals surface area contributed by atoms with E-state index < -0.39 is 0 Å². The van der Waals surface area contributed by atoms with Crippen molar-refractivity contribution in [2.45, 2.75) is 31.1 Å². The molecule has 2 heteroatoms. The van der Waals surface area contributed by atoms with Crippen molar-refractivity contribution < 1.29 is 0 Å². The van der Waals surface area contributed by atoms with Gasteiger partial charge in [-0.25, -0.2) is 0 Å². The number of thiophene rings is 1. The molecule has 12 heavy (non-hydrogen) atoms. The number of nitrogens with two attached hydrogens (primary N) is 1. The zero-order valence-corrected chi connectivity index (χ0v) is 8.07. The Morgan fingerprint density at radius 2 is 2.33 bits per heavy atom. The van der Waals surface area contributed by atoms with E-state index in [9.17, 15) is 0 Å². The van der Waals surface area contributed by atoms with Crippen LogP contribution in [0.15, 0.2) is 17.5 Å². The maximum Gasteiger partial charge on any atom is 0.0107 e. The molecule has 66 valence electrons. The van der Waals surface area contributed by atoms with Crippen LogP contribution < -0.4 is 5.73 Å². The van der Waals surface area contributed by atoms with Gasteiger partial charge < -0.3 is 5.73 Å². The number of rotatable bonds is 3. The van der Waals surface area contributed by atoms with Crippen molar-refractivity contribution in [1.29, 1.82) is 0 Å². The van der Waals surface area contributed by atoms with E-state index in [-0.39, 0.29) is 0 Å². The maximum absolute atomic E-state index is 5.63. The Kier molecular flexibility index (Phi) is 2.20. The monoisotopic (exact) mass is 181 g/mol. The zero-order chi connectivity index (χ0) is 8.44. The summed E-state index contributed by atoms with van der Waals surface area (Å²) in [6.07, 6.45) is 5.26. The molecule has 0 amide bonds. The Labute approximate surface area is 77.6 Å². The first-order chi connectivity index (χ1) is 5.87. The van der Waals surface area contributed by atoms with Gasteiger partial charge in [0.05, 0.1) is 0 Å². The van der Waals surface area contributed by atoms with Gasteiger partial charge in [0.15, 0.2) is 0 Å². The molecule has 0 bridgehead atoms. The van der Waals surface area contributed by atoms with E-state index in [1.54, 1.807) is 4.88 Å². The molecule has 1 aliphatic carbocycles. The first kappa shape index (κ1) is 8.27. The lowest BCUT2D eigenvalue weighted by Crippen LogP contribution is -2.35. The fraction of sp³-hybridized carbons (Fsp3) is 0.600. The van der Waals surface area contributed by atoms with Crippen LogP contribution in [0.1, 0.15) is 30.6 Å². The summed E-state index contributed by atoms with van der Waals surface area (Å²) in [6.45, 7) is 0.831. The van der Waals surface area contributed by atoms with Crippen LogP contribution >= 0.6 is 11.3 Å². The molecule has 0 saturated heterocycles. The fourth-order valence-corrected chi connectivity index (χ4v) is 3.10. The van der Waals surface area contributed by atoms with Crippen LogP contribution in [0.4, 0.5) is 0 Å². The lowest BCUT2D eigenvalue weighted by Gasteiger charge is -2.41. The Morgan fingerprint density at radius 1 is 1.50 bits per heavy atom. The standard InChI is InChI=1S/C10H15NS/c11-7-6-10(4-2-5-10)9-3-1-8-12-9/h1,3,8H,2,4-7,11H2. The molecule has 2 N–H and O–H groups in total. The molecule has 0 aliphatic heterocycles. The highest BCUT2D eigenvalue weighted by Gasteiger charge is 2.38. The molecule has 1 saturated carbocycles. The molecule has 0 radical (unpaired) electrons. The predicted molar refractivity (Wildman–Crippen MR) is 53.5 cm³/mol. The lowest BCUT2D eigenvalue weighted by molar-refractivity contribution is 0.235. The van der Waals surface area contributed by atoms with Gasteiger partial charge in [-0.1, -0.05) is 12.5 Å². The highest BCUT2D eigenvalue weighted by atomic mass is 32.1. The van der Waals surface area contributed by atoms with Crippen LogP contribution in [0.3, 0.4) is 0 Å². The molecule has 0 spiro atoms. The Bertz CT molecular complexity index is 236. The first-order valence-corrected chi connectivity index (χ1v) is 5.49. The summed E-state index contributed by atoms with van der Waals surface area (Å²) in [5.41, 5.74) is 6.12. The van der Waals surface area contributed by atoms with Crippen LogP contribution in [-0.4, -0.2) is 6.54 Å². The second-order valence-electron chi connectivity index (χ2n) is 3.65. The van der Waals surface area contributed by atoms with Crippen molar-refractivity contribution in [3.63, 3.8) is 0 Å². The number of hydrogen-bond donors (Lipinski definition) is 1. The fourth-order valence-electron chi connectivity index (χ4n) is 2.08. The summed E-state index contributed by atoms with van der Waals surface area (Å²) >= 11 is 1.89. The number of hydrogen-bond acceptors (Lipinski definition) is 2. The van der Waals surface area contributed by atoms with Gasteiger partial charge >= 0.3 is 0 Å². The van der Waals surface area contributed by atoms with Crippen molar-refractivity contribution >= 4 is 11.3 Å². The van der Waals surface area contributed by atoms with E-state index >= 15 is 0 Å².